The topological polar surface area (TPSA) is 26.3 Å². The summed E-state index contributed by atoms with van der Waals surface area (Å²) in [6.45, 7) is 3.96. The zero-order chi connectivity index (χ0) is 20.5. The Morgan fingerprint density at radius 3 is 2.10 bits per heavy atom. The van der Waals surface area contributed by atoms with Crippen LogP contribution in [0.3, 0.4) is 0 Å². The molecule has 2 nitrogen and oxygen atoms in total. The van der Waals surface area contributed by atoms with Crippen molar-refractivity contribution in [3.63, 3.8) is 0 Å². The van der Waals surface area contributed by atoms with Gasteiger partial charge in [0, 0.05) is 6.92 Å². The molecular formula is C27H48O2. The number of ether oxygens (including phenoxy) is 1. The molecule has 0 N–H and O–H groups in total. The van der Waals surface area contributed by atoms with Crippen molar-refractivity contribution in [3.05, 3.63) is 0 Å². The van der Waals surface area contributed by atoms with E-state index in [1.54, 1.807) is 6.92 Å². The van der Waals surface area contributed by atoms with Gasteiger partial charge in [0.05, 0.1) is 0 Å². The first-order valence-corrected chi connectivity index (χ1v) is 13.3. The second-order valence-corrected chi connectivity index (χ2v) is 10.8. The molecule has 0 spiro atoms. The smallest absolute Gasteiger partial charge is 0.302 e. The molecule has 0 aromatic rings. The van der Waals surface area contributed by atoms with E-state index in [-0.39, 0.29) is 12.1 Å². The maximum absolute atomic E-state index is 11.4. The Morgan fingerprint density at radius 1 is 0.897 bits per heavy atom. The van der Waals surface area contributed by atoms with Crippen LogP contribution in [0.1, 0.15) is 136 Å². The molecule has 3 rings (SSSR count). The lowest BCUT2D eigenvalue weighted by atomic mass is 9.59. The molecule has 3 aliphatic carbocycles. The molecule has 3 saturated carbocycles. The molecule has 168 valence electrons. The van der Waals surface area contributed by atoms with Crippen LogP contribution >= 0.6 is 0 Å². The highest BCUT2D eigenvalue weighted by molar-refractivity contribution is 5.66. The third-order valence-corrected chi connectivity index (χ3v) is 8.96. The van der Waals surface area contributed by atoms with Crippen molar-refractivity contribution in [1.82, 2.24) is 0 Å². The van der Waals surface area contributed by atoms with E-state index in [2.05, 4.69) is 6.92 Å². The zero-order valence-electron chi connectivity index (χ0n) is 19.6. The first-order valence-electron chi connectivity index (χ1n) is 13.3. The molecule has 0 heterocycles. The Hall–Kier alpha value is -0.530. The van der Waals surface area contributed by atoms with Crippen molar-refractivity contribution in [2.24, 2.45) is 23.2 Å². The molecule has 2 heteroatoms. The fraction of sp³-hybridized carbons (Fsp3) is 0.963. The summed E-state index contributed by atoms with van der Waals surface area (Å²) in [5.41, 5.74) is 0.556. The van der Waals surface area contributed by atoms with Crippen LogP contribution in [0.2, 0.25) is 0 Å². The predicted octanol–water partition coefficient (Wildman–Crippen LogP) is 8.23. The lowest BCUT2D eigenvalue weighted by Crippen LogP contribution is -2.38. The maximum Gasteiger partial charge on any atom is 0.302 e. The van der Waals surface area contributed by atoms with Crippen molar-refractivity contribution in [1.29, 1.82) is 0 Å². The number of carbonyl (C=O) groups is 1. The summed E-state index contributed by atoms with van der Waals surface area (Å²) in [6, 6.07) is 0. The number of esters is 1. The largest absolute Gasteiger partial charge is 0.463 e. The second kappa shape index (κ2) is 11.8. The van der Waals surface area contributed by atoms with Crippen molar-refractivity contribution >= 4 is 5.97 Å². The van der Waals surface area contributed by atoms with Gasteiger partial charge in [0.1, 0.15) is 6.10 Å². The highest BCUT2D eigenvalue weighted by Gasteiger charge is 2.42. The molecule has 0 radical (unpaired) electrons. The van der Waals surface area contributed by atoms with Crippen molar-refractivity contribution in [2.75, 3.05) is 0 Å². The number of rotatable bonds is 9. The zero-order valence-corrected chi connectivity index (χ0v) is 19.6. The van der Waals surface area contributed by atoms with E-state index in [0.717, 1.165) is 30.6 Å². The summed E-state index contributed by atoms with van der Waals surface area (Å²) in [5.74, 6) is 2.86. The minimum atomic E-state index is -0.0879. The summed E-state index contributed by atoms with van der Waals surface area (Å²) in [5, 5.41) is 0. The average Bonchev–Trinajstić information content (AvgIpc) is 2.75. The van der Waals surface area contributed by atoms with Gasteiger partial charge >= 0.3 is 5.97 Å². The van der Waals surface area contributed by atoms with E-state index >= 15 is 0 Å². The van der Waals surface area contributed by atoms with E-state index in [1.807, 2.05) is 0 Å². The molecule has 0 aromatic heterocycles. The van der Waals surface area contributed by atoms with E-state index in [1.165, 1.54) is 109 Å². The fourth-order valence-corrected chi connectivity index (χ4v) is 7.40. The number of hydrogen-bond acceptors (Lipinski definition) is 2. The molecule has 0 saturated heterocycles. The van der Waals surface area contributed by atoms with Crippen LogP contribution < -0.4 is 0 Å². The van der Waals surface area contributed by atoms with Gasteiger partial charge in [-0.25, -0.2) is 0 Å². The molecule has 0 aliphatic heterocycles. The molecule has 29 heavy (non-hydrogen) atoms. The van der Waals surface area contributed by atoms with Gasteiger partial charge in [-0.2, -0.15) is 0 Å². The standard InChI is InChI=1S/C27H48O2/c1-3-11-23(24-12-6-4-7-13-24)14-10-19-27(25-15-8-5-9-16-25)20-17-26(18-21-27)29-22(2)28/h23-26H,3-21H2,1-2H3/t23?,26-,27+. The molecule has 3 fully saturated rings. The number of carbonyl (C=O) groups excluding carboxylic acids is 1. The average molecular weight is 405 g/mol. The summed E-state index contributed by atoms with van der Waals surface area (Å²) >= 11 is 0. The molecule has 1 unspecified atom stereocenters. The van der Waals surface area contributed by atoms with Crippen molar-refractivity contribution in [2.45, 2.75) is 142 Å². The van der Waals surface area contributed by atoms with Gasteiger partial charge in [-0.3, -0.25) is 4.79 Å². The third kappa shape index (κ3) is 6.73. The SMILES string of the molecule is CCCC(CCC[C@]1(C2CCCCC2)CC[C@@H](OC(C)=O)CC1)C1CCCCC1. The number of hydrogen-bond donors (Lipinski definition) is 0. The van der Waals surface area contributed by atoms with Crippen LogP contribution in [0.25, 0.3) is 0 Å². The van der Waals surface area contributed by atoms with Gasteiger partial charge in [-0.15, -0.1) is 0 Å². The van der Waals surface area contributed by atoms with Gasteiger partial charge < -0.3 is 4.74 Å². The fourth-order valence-electron chi connectivity index (χ4n) is 7.40. The minimum Gasteiger partial charge on any atom is -0.463 e. The second-order valence-electron chi connectivity index (χ2n) is 10.8. The van der Waals surface area contributed by atoms with Crippen molar-refractivity contribution in [3.8, 4) is 0 Å². The molecular weight excluding hydrogens is 356 g/mol. The van der Waals surface area contributed by atoms with Crippen LogP contribution in [-0.2, 0) is 9.53 Å². The molecule has 1 atom stereocenters. The van der Waals surface area contributed by atoms with Gasteiger partial charge in [0.25, 0.3) is 0 Å². The monoisotopic (exact) mass is 404 g/mol. The Balaban J connectivity index is 1.57. The Labute approximate surface area is 180 Å². The van der Waals surface area contributed by atoms with Gasteiger partial charge in [-0.1, -0.05) is 84.0 Å². The summed E-state index contributed by atoms with van der Waals surface area (Å²) < 4.78 is 5.59. The van der Waals surface area contributed by atoms with E-state index in [4.69, 9.17) is 4.74 Å². The molecule has 0 bridgehead atoms. The van der Waals surface area contributed by atoms with Gasteiger partial charge in [0.2, 0.25) is 0 Å². The van der Waals surface area contributed by atoms with Crippen LogP contribution in [-0.4, -0.2) is 12.1 Å². The first-order chi connectivity index (χ1) is 14.1. The van der Waals surface area contributed by atoms with Crippen LogP contribution in [0.4, 0.5) is 0 Å². The normalized spacial score (nSPS) is 30.8. The van der Waals surface area contributed by atoms with E-state index < -0.39 is 0 Å². The molecule has 0 aromatic carbocycles. The van der Waals surface area contributed by atoms with E-state index in [0.29, 0.717) is 5.41 Å². The maximum atomic E-state index is 11.4. The van der Waals surface area contributed by atoms with Crippen molar-refractivity contribution < 1.29 is 9.53 Å². The van der Waals surface area contributed by atoms with Crippen LogP contribution in [0, 0.1) is 23.2 Å². The molecule has 3 aliphatic rings. The highest BCUT2D eigenvalue weighted by atomic mass is 16.5. The van der Waals surface area contributed by atoms with Gasteiger partial charge in [-0.05, 0) is 68.1 Å². The lowest BCUT2D eigenvalue weighted by Gasteiger charge is -2.47. The summed E-state index contributed by atoms with van der Waals surface area (Å²) in [7, 11) is 0. The Kier molecular flexibility index (Phi) is 9.38. The van der Waals surface area contributed by atoms with Crippen LogP contribution in [0.5, 0.6) is 0 Å². The summed E-state index contributed by atoms with van der Waals surface area (Å²) in [4.78, 5) is 11.4. The summed E-state index contributed by atoms with van der Waals surface area (Å²) in [6.07, 6.45) is 26.9. The van der Waals surface area contributed by atoms with Crippen LogP contribution in [0.15, 0.2) is 0 Å². The Bertz CT molecular complexity index is 465. The highest BCUT2D eigenvalue weighted by Crippen LogP contribution is 2.52. The van der Waals surface area contributed by atoms with Gasteiger partial charge in [0.15, 0.2) is 0 Å². The predicted molar refractivity (Wildman–Crippen MR) is 122 cm³/mol. The molecule has 0 amide bonds. The quantitative estimate of drug-likeness (QED) is 0.362. The minimum absolute atomic E-state index is 0.0879. The Morgan fingerprint density at radius 2 is 1.52 bits per heavy atom. The lowest BCUT2D eigenvalue weighted by molar-refractivity contribution is -0.150. The first kappa shape index (κ1) is 23.1. The third-order valence-electron chi connectivity index (χ3n) is 8.96. The van der Waals surface area contributed by atoms with E-state index in [9.17, 15) is 4.79 Å².